The minimum atomic E-state index is 0.173. The molecule has 1 aliphatic rings. The third-order valence-corrected chi connectivity index (χ3v) is 3.84. The molecule has 0 N–H and O–H groups in total. The summed E-state index contributed by atoms with van der Waals surface area (Å²) in [4.78, 5) is 23.1. The van der Waals surface area contributed by atoms with Gasteiger partial charge in [-0.2, -0.15) is 0 Å². The van der Waals surface area contributed by atoms with E-state index in [-0.39, 0.29) is 5.78 Å². The summed E-state index contributed by atoms with van der Waals surface area (Å²) in [6.45, 7) is 2.57. The summed E-state index contributed by atoms with van der Waals surface area (Å²) in [7, 11) is 0. The Morgan fingerprint density at radius 2 is 2.38 bits per heavy atom. The van der Waals surface area contributed by atoms with E-state index in [1.807, 2.05) is 55.0 Å². The highest BCUT2D eigenvalue weighted by Gasteiger charge is 2.10. The number of pyridine rings is 1. The Balaban J connectivity index is 2.11. The molecule has 0 saturated heterocycles. The molecule has 2 rings (SSSR count). The number of carbonyl (C=O) groups is 1. The van der Waals surface area contributed by atoms with Crippen LogP contribution in [0.5, 0.6) is 0 Å². The van der Waals surface area contributed by atoms with Gasteiger partial charge in [-0.3, -0.25) is 14.8 Å². The Labute approximate surface area is 129 Å². The second-order valence-electron chi connectivity index (χ2n) is 4.64. The van der Waals surface area contributed by atoms with Gasteiger partial charge in [0.15, 0.2) is 5.78 Å². The molecule has 0 saturated carbocycles. The monoisotopic (exact) mass is 301 g/mol. The minimum Gasteiger partial charge on any atom is -0.346 e. The van der Waals surface area contributed by atoms with E-state index in [0.717, 1.165) is 22.6 Å². The third kappa shape index (κ3) is 4.56. The van der Waals surface area contributed by atoms with Gasteiger partial charge in [0.1, 0.15) is 0 Å². The van der Waals surface area contributed by atoms with Gasteiger partial charge in [0.25, 0.3) is 0 Å². The second kappa shape index (κ2) is 7.78. The van der Waals surface area contributed by atoms with E-state index < -0.39 is 0 Å². The summed E-state index contributed by atoms with van der Waals surface area (Å²) in [6.07, 6.45) is 12.6. The number of aliphatic imine (C=N–C) groups is 1. The van der Waals surface area contributed by atoms with Gasteiger partial charge in [0, 0.05) is 43.8 Å². The van der Waals surface area contributed by atoms with E-state index in [0.29, 0.717) is 13.0 Å². The van der Waals surface area contributed by atoms with Crippen LogP contribution in [-0.2, 0) is 11.2 Å². The summed E-state index contributed by atoms with van der Waals surface area (Å²) in [6, 6.07) is 3.96. The first-order valence-electron chi connectivity index (χ1n) is 6.89. The van der Waals surface area contributed by atoms with Gasteiger partial charge in [0.2, 0.25) is 0 Å². The molecule has 0 amide bonds. The molecule has 1 aromatic heterocycles. The van der Waals surface area contributed by atoms with Gasteiger partial charge < -0.3 is 4.90 Å². The fraction of sp³-hybridized carbons (Fsp3) is 0.312. The lowest BCUT2D eigenvalue weighted by Crippen LogP contribution is -2.19. The lowest BCUT2D eigenvalue weighted by Gasteiger charge is -2.19. The van der Waals surface area contributed by atoms with Crippen LogP contribution in [0.25, 0.3) is 0 Å². The molecule has 4 nitrogen and oxygen atoms in total. The molecule has 110 valence electrons. The number of aromatic nitrogens is 1. The fourth-order valence-electron chi connectivity index (χ4n) is 1.99. The first-order chi connectivity index (χ1) is 10.2. The fourth-order valence-corrected chi connectivity index (χ4v) is 2.60. The van der Waals surface area contributed by atoms with Crippen LogP contribution in [-0.4, -0.2) is 34.7 Å². The standard InChI is InChI=1S/C16H19N3OS/c1-3-15(20)16(21-2)12-19-8-7-18-14(11-19)9-13-5-4-6-17-10-13/h4-7,10-12H,3,8-9H2,1-2H3/b16-12-. The molecular weight excluding hydrogens is 282 g/mol. The van der Waals surface area contributed by atoms with E-state index in [2.05, 4.69) is 9.98 Å². The molecule has 0 aromatic carbocycles. The quantitative estimate of drug-likeness (QED) is 0.758. The Bertz CT molecular complexity index is 578. The van der Waals surface area contributed by atoms with E-state index in [1.165, 1.54) is 11.8 Å². The van der Waals surface area contributed by atoms with Gasteiger partial charge >= 0.3 is 0 Å². The number of ketones is 1. The van der Waals surface area contributed by atoms with Crippen LogP contribution in [0, 0.1) is 0 Å². The molecule has 5 heteroatoms. The summed E-state index contributed by atoms with van der Waals surface area (Å²) < 4.78 is 0. The van der Waals surface area contributed by atoms with E-state index in [4.69, 9.17) is 0 Å². The van der Waals surface area contributed by atoms with Crippen LogP contribution >= 0.6 is 11.8 Å². The molecule has 21 heavy (non-hydrogen) atoms. The zero-order chi connectivity index (χ0) is 15.1. The molecule has 0 aliphatic carbocycles. The Hall–Kier alpha value is -1.88. The van der Waals surface area contributed by atoms with Crippen molar-refractivity contribution >= 4 is 23.8 Å². The highest BCUT2D eigenvalue weighted by atomic mass is 32.2. The van der Waals surface area contributed by atoms with Crippen molar-refractivity contribution in [2.24, 2.45) is 4.99 Å². The largest absolute Gasteiger partial charge is 0.346 e. The van der Waals surface area contributed by atoms with Crippen molar-refractivity contribution in [2.75, 3.05) is 12.8 Å². The van der Waals surface area contributed by atoms with Crippen molar-refractivity contribution < 1.29 is 4.79 Å². The third-order valence-electron chi connectivity index (χ3n) is 3.07. The molecule has 1 aromatic rings. The topological polar surface area (TPSA) is 45.6 Å². The summed E-state index contributed by atoms with van der Waals surface area (Å²) in [5, 5.41) is 0. The number of Topliss-reactive ketones (excluding diaryl/α,β-unsaturated/α-hetero) is 1. The van der Waals surface area contributed by atoms with Crippen molar-refractivity contribution in [3.05, 3.63) is 53.1 Å². The number of allylic oxidation sites excluding steroid dienone is 2. The highest BCUT2D eigenvalue weighted by Crippen LogP contribution is 2.18. The number of hydrogen-bond acceptors (Lipinski definition) is 5. The number of rotatable bonds is 6. The van der Waals surface area contributed by atoms with Crippen LogP contribution in [0.3, 0.4) is 0 Å². The molecule has 0 spiro atoms. The lowest BCUT2D eigenvalue weighted by atomic mass is 10.1. The van der Waals surface area contributed by atoms with Gasteiger partial charge in [-0.15, -0.1) is 11.8 Å². The number of carbonyl (C=O) groups excluding carboxylic acids is 1. The van der Waals surface area contributed by atoms with Gasteiger partial charge in [0.05, 0.1) is 17.1 Å². The van der Waals surface area contributed by atoms with E-state index in [9.17, 15) is 4.79 Å². The maximum atomic E-state index is 11.8. The van der Waals surface area contributed by atoms with E-state index in [1.54, 1.807) is 6.20 Å². The van der Waals surface area contributed by atoms with E-state index >= 15 is 0 Å². The second-order valence-corrected chi connectivity index (χ2v) is 5.49. The Morgan fingerprint density at radius 3 is 3.05 bits per heavy atom. The SMILES string of the molecule is CCC(=O)/C(=C/N1C=C(Cc2cccnc2)N=CC1)SC. The molecule has 0 radical (unpaired) electrons. The van der Waals surface area contributed by atoms with Crippen molar-refractivity contribution in [3.63, 3.8) is 0 Å². The van der Waals surface area contributed by atoms with Crippen molar-refractivity contribution in [3.8, 4) is 0 Å². The van der Waals surface area contributed by atoms with Crippen LogP contribution < -0.4 is 0 Å². The average molecular weight is 301 g/mol. The molecule has 0 bridgehead atoms. The Kier molecular flexibility index (Phi) is 5.75. The van der Waals surface area contributed by atoms with Crippen molar-refractivity contribution in [2.45, 2.75) is 19.8 Å². The van der Waals surface area contributed by atoms with Crippen LogP contribution in [0.1, 0.15) is 18.9 Å². The van der Waals surface area contributed by atoms with Gasteiger partial charge in [-0.25, -0.2) is 0 Å². The molecule has 0 fully saturated rings. The molecule has 2 heterocycles. The summed E-state index contributed by atoms with van der Waals surface area (Å²) >= 11 is 1.49. The summed E-state index contributed by atoms with van der Waals surface area (Å²) in [5.74, 6) is 0.173. The first kappa shape index (κ1) is 15.5. The first-order valence-corrected chi connectivity index (χ1v) is 8.12. The van der Waals surface area contributed by atoms with Gasteiger partial charge in [-0.1, -0.05) is 13.0 Å². The molecule has 1 aliphatic heterocycles. The zero-order valence-electron chi connectivity index (χ0n) is 12.3. The smallest absolute Gasteiger partial charge is 0.170 e. The highest BCUT2D eigenvalue weighted by molar-refractivity contribution is 8.03. The molecule has 0 atom stereocenters. The lowest BCUT2D eigenvalue weighted by molar-refractivity contribution is -0.114. The number of hydrogen-bond donors (Lipinski definition) is 0. The Morgan fingerprint density at radius 1 is 1.52 bits per heavy atom. The number of thioether (sulfide) groups is 1. The van der Waals surface area contributed by atoms with Gasteiger partial charge in [-0.05, 0) is 17.9 Å². The maximum absolute atomic E-state index is 11.8. The molecule has 0 unspecified atom stereocenters. The predicted octanol–water partition coefficient (Wildman–Crippen LogP) is 3.04. The average Bonchev–Trinajstić information content (AvgIpc) is 2.53. The molecular formula is C16H19N3OS. The number of nitrogens with zero attached hydrogens (tertiary/aromatic N) is 3. The van der Waals surface area contributed by atoms with Crippen molar-refractivity contribution in [1.82, 2.24) is 9.88 Å². The van der Waals surface area contributed by atoms with Crippen LogP contribution in [0.2, 0.25) is 0 Å². The van der Waals surface area contributed by atoms with Crippen LogP contribution in [0.15, 0.2) is 52.5 Å². The minimum absolute atomic E-state index is 0.173. The summed E-state index contributed by atoms with van der Waals surface area (Å²) in [5.41, 5.74) is 2.09. The zero-order valence-corrected chi connectivity index (χ0v) is 13.1. The van der Waals surface area contributed by atoms with Crippen LogP contribution in [0.4, 0.5) is 0 Å². The normalized spacial score (nSPS) is 15.0. The predicted molar refractivity (Wildman–Crippen MR) is 88.1 cm³/mol. The van der Waals surface area contributed by atoms with Crippen molar-refractivity contribution in [1.29, 1.82) is 0 Å². The maximum Gasteiger partial charge on any atom is 0.170 e.